The van der Waals surface area contributed by atoms with E-state index in [-0.39, 0.29) is 17.6 Å². The third kappa shape index (κ3) is 3.93. The van der Waals surface area contributed by atoms with Crippen molar-refractivity contribution >= 4 is 48.6 Å². The molecule has 0 N–H and O–H groups in total. The fraction of sp³-hybridized carbons (Fsp3) is 0.250. The van der Waals surface area contributed by atoms with Crippen LogP contribution < -0.4 is 4.18 Å². The number of benzene rings is 2. The molecule has 2 rings (SSSR count). The minimum atomic E-state index is -6.09. The van der Waals surface area contributed by atoms with E-state index in [9.17, 15) is 31.2 Å². The Kier molecular flexibility index (Phi) is 5.85. The predicted molar refractivity (Wildman–Crippen MR) is 93.0 cm³/mol. The second kappa shape index (κ2) is 7.47. The lowest BCUT2D eigenvalue weighted by Crippen LogP contribution is -2.29. The number of fused-ring (bicyclic) bond motifs is 1. The number of rotatable bonds is 5. The Morgan fingerprint density at radius 1 is 1.15 bits per heavy atom. The minimum absolute atomic E-state index is 0.0270. The molecule has 0 aromatic heterocycles. The Hall–Kier alpha value is -2.14. The number of halogens is 4. The fourth-order valence-electron chi connectivity index (χ4n) is 2.30. The van der Waals surface area contributed by atoms with Crippen LogP contribution in [0.3, 0.4) is 0 Å². The summed E-state index contributed by atoms with van der Waals surface area (Å²) in [5.41, 5.74) is -6.33. The van der Waals surface area contributed by atoms with E-state index in [1.54, 1.807) is 6.07 Å². The second-order valence-corrected chi connectivity index (χ2v) is 7.55. The van der Waals surface area contributed by atoms with Gasteiger partial charge in [0.05, 0.1) is 12.2 Å². The summed E-state index contributed by atoms with van der Waals surface area (Å²) in [5.74, 6) is -3.56. The number of esters is 1. The Balaban J connectivity index is 2.86. The molecule has 0 amide bonds. The molecule has 27 heavy (non-hydrogen) atoms. The van der Waals surface area contributed by atoms with Gasteiger partial charge >= 0.3 is 21.6 Å². The average Bonchev–Trinajstić information content (AvgIpc) is 2.58. The molecule has 2 aromatic rings. The van der Waals surface area contributed by atoms with Crippen LogP contribution >= 0.6 is 15.9 Å². The van der Waals surface area contributed by atoms with Crippen LogP contribution in [-0.2, 0) is 19.6 Å². The van der Waals surface area contributed by atoms with Crippen LogP contribution in [-0.4, -0.2) is 32.3 Å². The number of ketones is 1. The van der Waals surface area contributed by atoms with Crippen molar-refractivity contribution in [2.75, 3.05) is 6.61 Å². The summed E-state index contributed by atoms with van der Waals surface area (Å²) >= 11 is 3.21. The van der Waals surface area contributed by atoms with Crippen LogP contribution in [0.1, 0.15) is 22.8 Å². The Morgan fingerprint density at radius 3 is 2.22 bits per heavy atom. The van der Waals surface area contributed by atoms with Crippen molar-refractivity contribution < 1.29 is 40.1 Å². The van der Waals surface area contributed by atoms with Gasteiger partial charge in [0.15, 0.2) is 5.75 Å². The zero-order chi connectivity index (χ0) is 20.6. The molecule has 0 aliphatic carbocycles. The molecular weight excluding hydrogens is 457 g/mol. The van der Waals surface area contributed by atoms with Crippen molar-refractivity contribution in [3.05, 3.63) is 39.9 Å². The molecular formula is C16H12BrF3O6S. The van der Waals surface area contributed by atoms with Crippen molar-refractivity contribution in [1.82, 2.24) is 0 Å². The average molecular weight is 469 g/mol. The molecule has 0 saturated heterocycles. The van der Waals surface area contributed by atoms with E-state index in [0.29, 0.717) is 9.86 Å². The topological polar surface area (TPSA) is 86.7 Å². The first-order chi connectivity index (χ1) is 12.4. The van der Waals surface area contributed by atoms with Gasteiger partial charge in [-0.15, -0.1) is 0 Å². The van der Waals surface area contributed by atoms with Gasteiger partial charge in [-0.05, 0) is 40.7 Å². The molecule has 0 aliphatic rings. The van der Waals surface area contributed by atoms with Crippen molar-refractivity contribution in [2.45, 2.75) is 19.4 Å². The number of hydrogen-bond acceptors (Lipinski definition) is 6. The molecule has 0 aliphatic heterocycles. The van der Waals surface area contributed by atoms with Gasteiger partial charge in [-0.3, -0.25) is 4.79 Å². The Labute approximate surface area is 160 Å². The maximum atomic E-state index is 12.8. The van der Waals surface area contributed by atoms with Crippen LogP contribution in [0.2, 0.25) is 0 Å². The standard InChI is InChI=1S/C16H12BrF3O6S/c1-3-25-15(22)13(21)11-8(2)12(17)9-6-4-5-7-10(9)14(11)26-27(23,24)16(18,19)20/h4-7H,3H2,1-2H3. The highest BCUT2D eigenvalue weighted by molar-refractivity contribution is 9.10. The summed E-state index contributed by atoms with van der Waals surface area (Å²) in [7, 11) is -6.09. The van der Waals surface area contributed by atoms with Gasteiger partial charge < -0.3 is 8.92 Å². The van der Waals surface area contributed by atoms with Crippen LogP contribution in [0.5, 0.6) is 5.75 Å². The van der Waals surface area contributed by atoms with Crippen molar-refractivity contribution in [1.29, 1.82) is 0 Å². The largest absolute Gasteiger partial charge is 0.534 e. The molecule has 0 radical (unpaired) electrons. The van der Waals surface area contributed by atoms with Crippen LogP contribution in [0.25, 0.3) is 10.8 Å². The maximum Gasteiger partial charge on any atom is 0.534 e. The summed E-state index contributed by atoms with van der Waals surface area (Å²) in [6.07, 6.45) is 0. The number of ether oxygens (including phenoxy) is 1. The van der Waals surface area contributed by atoms with Crippen LogP contribution in [0.15, 0.2) is 28.7 Å². The second-order valence-electron chi connectivity index (χ2n) is 5.22. The molecule has 0 unspecified atom stereocenters. The van der Waals surface area contributed by atoms with Gasteiger partial charge in [-0.2, -0.15) is 21.6 Å². The Bertz CT molecular complexity index is 1030. The smallest absolute Gasteiger partial charge is 0.460 e. The molecule has 0 bridgehead atoms. The predicted octanol–water partition coefficient (Wildman–Crippen LogP) is 3.88. The van der Waals surface area contributed by atoms with E-state index in [1.165, 1.54) is 32.0 Å². The number of Topliss-reactive ketones (excluding diaryl/α,β-unsaturated/α-hetero) is 1. The van der Waals surface area contributed by atoms with Gasteiger partial charge in [0.2, 0.25) is 0 Å². The van der Waals surface area contributed by atoms with Gasteiger partial charge in [-0.25, -0.2) is 4.79 Å². The van der Waals surface area contributed by atoms with Gasteiger partial charge in [0, 0.05) is 9.86 Å². The molecule has 0 heterocycles. The maximum absolute atomic E-state index is 12.8. The molecule has 6 nitrogen and oxygen atoms in total. The molecule has 0 saturated carbocycles. The molecule has 0 fully saturated rings. The minimum Gasteiger partial charge on any atom is -0.460 e. The highest BCUT2D eigenvalue weighted by Gasteiger charge is 2.49. The van der Waals surface area contributed by atoms with Gasteiger partial charge in [-0.1, -0.05) is 24.3 Å². The lowest BCUT2D eigenvalue weighted by molar-refractivity contribution is -0.137. The summed E-state index contributed by atoms with van der Waals surface area (Å²) in [6.45, 7) is 2.60. The van der Waals surface area contributed by atoms with E-state index in [0.717, 1.165) is 0 Å². The lowest BCUT2D eigenvalue weighted by atomic mass is 9.97. The monoisotopic (exact) mass is 468 g/mol. The number of hydrogen-bond donors (Lipinski definition) is 0. The van der Waals surface area contributed by atoms with Crippen molar-refractivity contribution in [3.63, 3.8) is 0 Å². The van der Waals surface area contributed by atoms with E-state index in [1.807, 2.05) is 0 Å². The van der Waals surface area contributed by atoms with Gasteiger partial charge in [0.25, 0.3) is 5.78 Å². The summed E-state index contributed by atoms with van der Waals surface area (Å²) < 4.78 is 70.7. The van der Waals surface area contributed by atoms with Crippen LogP contribution in [0.4, 0.5) is 13.2 Å². The van der Waals surface area contributed by atoms with E-state index in [4.69, 9.17) is 0 Å². The first kappa shape index (κ1) is 21.2. The zero-order valence-corrected chi connectivity index (χ0v) is 16.3. The molecule has 2 aromatic carbocycles. The zero-order valence-electron chi connectivity index (χ0n) is 13.9. The first-order valence-electron chi connectivity index (χ1n) is 7.35. The number of carbonyl (C=O) groups excluding carboxylic acids is 2. The van der Waals surface area contributed by atoms with E-state index < -0.39 is 38.7 Å². The summed E-state index contributed by atoms with van der Waals surface area (Å²) in [4.78, 5) is 24.3. The summed E-state index contributed by atoms with van der Waals surface area (Å²) in [5, 5.41) is 0.193. The quantitative estimate of drug-likeness (QED) is 0.217. The van der Waals surface area contributed by atoms with Gasteiger partial charge in [0.1, 0.15) is 0 Å². The molecule has 0 atom stereocenters. The highest BCUT2D eigenvalue weighted by Crippen LogP contribution is 2.41. The van der Waals surface area contributed by atoms with E-state index in [2.05, 4.69) is 24.8 Å². The van der Waals surface area contributed by atoms with Crippen molar-refractivity contribution in [2.24, 2.45) is 0 Å². The summed E-state index contributed by atoms with van der Waals surface area (Å²) in [6, 6.07) is 5.72. The normalized spacial score (nSPS) is 12.1. The molecule has 11 heteroatoms. The van der Waals surface area contributed by atoms with Crippen LogP contribution in [0, 0.1) is 6.92 Å². The first-order valence-corrected chi connectivity index (χ1v) is 9.55. The third-order valence-corrected chi connectivity index (χ3v) is 5.48. The SMILES string of the molecule is CCOC(=O)C(=O)c1c(C)c(Br)c2ccccc2c1OS(=O)(=O)C(F)(F)F. The van der Waals surface area contributed by atoms with E-state index >= 15 is 0 Å². The van der Waals surface area contributed by atoms with Crippen molar-refractivity contribution in [3.8, 4) is 5.75 Å². The number of carbonyl (C=O) groups is 2. The number of alkyl halides is 3. The third-order valence-electron chi connectivity index (χ3n) is 3.50. The fourth-order valence-corrected chi connectivity index (χ4v) is 3.34. The molecule has 146 valence electrons. The Morgan fingerprint density at radius 2 is 1.70 bits per heavy atom. The molecule has 0 spiro atoms. The lowest BCUT2D eigenvalue weighted by Gasteiger charge is -2.18. The highest BCUT2D eigenvalue weighted by atomic mass is 79.9.